The van der Waals surface area contributed by atoms with Gasteiger partial charge in [-0.05, 0) is 30.0 Å². The van der Waals surface area contributed by atoms with Gasteiger partial charge in [-0.2, -0.15) is 0 Å². The van der Waals surface area contributed by atoms with Crippen LogP contribution in [0.15, 0.2) is 24.3 Å². The van der Waals surface area contributed by atoms with E-state index >= 15 is 0 Å². The van der Waals surface area contributed by atoms with E-state index in [1.807, 2.05) is 24.3 Å². The number of halogens is 1. The Kier molecular flexibility index (Phi) is 6.34. The highest BCUT2D eigenvalue weighted by Crippen LogP contribution is 2.31. The molecule has 0 amide bonds. The molecule has 112 valence electrons. The van der Waals surface area contributed by atoms with Crippen LogP contribution in [0.5, 0.6) is 0 Å². The van der Waals surface area contributed by atoms with Crippen molar-refractivity contribution in [2.75, 3.05) is 6.54 Å². The fourth-order valence-corrected chi connectivity index (χ4v) is 3.46. The molecule has 0 aliphatic heterocycles. The molecule has 1 aliphatic rings. The Balaban J connectivity index is 1.97. The predicted octanol–water partition coefficient (Wildman–Crippen LogP) is 4.10. The topological polar surface area (TPSA) is 46.2 Å². The normalized spacial score (nSPS) is 20.4. The number of aliphatic hydroxyl groups is 1. The molecular formula is C17H26ClNO. The van der Waals surface area contributed by atoms with Gasteiger partial charge in [0.05, 0.1) is 6.10 Å². The Morgan fingerprint density at radius 2 is 1.70 bits per heavy atom. The summed E-state index contributed by atoms with van der Waals surface area (Å²) in [6.07, 6.45) is 8.38. The van der Waals surface area contributed by atoms with Crippen LogP contribution in [-0.4, -0.2) is 17.8 Å². The van der Waals surface area contributed by atoms with E-state index in [0.717, 1.165) is 17.0 Å². The van der Waals surface area contributed by atoms with E-state index in [-0.39, 0.29) is 12.0 Å². The van der Waals surface area contributed by atoms with Crippen molar-refractivity contribution in [2.24, 2.45) is 11.7 Å². The molecule has 1 aromatic rings. The van der Waals surface area contributed by atoms with Crippen LogP contribution in [0.1, 0.15) is 56.4 Å². The Bertz CT molecular complexity index is 384. The van der Waals surface area contributed by atoms with Crippen molar-refractivity contribution in [3.05, 3.63) is 34.9 Å². The van der Waals surface area contributed by atoms with E-state index in [1.54, 1.807) is 0 Å². The monoisotopic (exact) mass is 295 g/mol. The summed E-state index contributed by atoms with van der Waals surface area (Å²) in [7, 11) is 0. The van der Waals surface area contributed by atoms with Gasteiger partial charge < -0.3 is 10.8 Å². The van der Waals surface area contributed by atoms with Gasteiger partial charge >= 0.3 is 0 Å². The highest BCUT2D eigenvalue weighted by atomic mass is 35.5. The van der Waals surface area contributed by atoms with Crippen LogP contribution in [0.2, 0.25) is 5.02 Å². The minimum Gasteiger partial charge on any atom is -0.392 e. The van der Waals surface area contributed by atoms with Crippen LogP contribution in [-0.2, 0) is 0 Å². The van der Waals surface area contributed by atoms with Crippen LogP contribution >= 0.6 is 11.6 Å². The van der Waals surface area contributed by atoms with Gasteiger partial charge in [0.1, 0.15) is 0 Å². The van der Waals surface area contributed by atoms with E-state index < -0.39 is 0 Å². The van der Waals surface area contributed by atoms with E-state index in [4.69, 9.17) is 17.3 Å². The van der Waals surface area contributed by atoms with Crippen molar-refractivity contribution < 1.29 is 5.11 Å². The van der Waals surface area contributed by atoms with Crippen molar-refractivity contribution in [3.63, 3.8) is 0 Å². The van der Waals surface area contributed by atoms with Crippen molar-refractivity contribution >= 4 is 11.6 Å². The number of hydrogen-bond donors (Lipinski definition) is 2. The second-order valence-corrected chi connectivity index (χ2v) is 6.49. The second kappa shape index (κ2) is 8.02. The van der Waals surface area contributed by atoms with Gasteiger partial charge in [-0.1, -0.05) is 62.3 Å². The molecule has 1 fully saturated rings. The van der Waals surface area contributed by atoms with Crippen LogP contribution in [0.4, 0.5) is 0 Å². The number of hydrogen-bond acceptors (Lipinski definition) is 2. The Morgan fingerprint density at radius 3 is 2.25 bits per heavy atom. The highest BCUT2D eigenvalue weighted by molar-refractivity contribution is 6.30. The third-order valence-corrected chi connectivity index (χ3v) is 4.82. The summed E-state index contributed by atoms with van der Waals surface area (Å²) in [5.74, 6) is 0.685. The molecule has 2 nitrogen and oxygen atoms in total. The van der Waals surface area contributed by atoms with E-state index in [2.05, 4.69) is 0 Å². The standard InChI is InChI=1S/C17H26ClNO/c18-15-9-7-14(8-10-15)16(12-19)17(20)11-13-5-3-1-2-4-6-13/h7-10,13,16-17,20H,1-6,11-12,19H2. The van der Waals surface area contributed by atoms with Crippen LogP contribution in [0.3, 0.4) is 0 Å². The van der Waals surface area contributed by atoms with Gasteiger partial charge in [0, 0.05) is 17.5 Å². The molecule has 1 aliphatic carbocycles. The van der Waals surface area contributed by atoms with Gasteiger partial charge in [-0.3, -0.25) is 0 Å². The number of rotatable bonds is 5. The van der Waals surface area contributed by atoms with Gasteiger partial charge in [-0.15, -0.1) is 0 Å². The summed E-state index contributed by atoms with van der Waals surface area (Å²) in [5.41, 5.74) is 6.98. The molecule has 2 rings (SSSR count). The molecule has 0 aromatic heterocycles. The fraction of sp³-hybridized carbons (Fsp3) is 0.647. The van der Waals surface area contributed by atoms with Crippen molar-refractivity contribution in [2.45, 2.75) is 57.0 Å². The molecule has 3 heteroatoms. The zero-order valence-electron chi connectivity index (χ0n) is 12.1. The molecule has 0 spiro atoms. The summed E-state index contributed by atoms with van der Waals surface area (Å²) in [6.45, 7) is 0.482. The highest BCUT2D eigenvalue weighted by Gasteiger charge is 2.24. The molecule has 0 radical (unpaired) electrons. The van der Waals surface area contributed by atoms with Crippen LogP contribution in [0, 0.1) is 5.92 Å². The Morgan fingerprint density at radius 1 is 1.10 bits per heavy atom. The Hall–Kier alpha value is -0.570. The summed E-state index contributed by atoms with van der Waals surface area (Å²) in [6, 6.07) is 7.71. The quantitative estimate of drug-likeness (QED) is 0.803. The SMILES string of the molecule is NCC(c1ccc(Cl)cc1)C(O)CC1CCCCCC1. The maximum atomic E-state index is 10.6. The third kappa shape index (κ3) is 4.47. The summed E-state index contributed by atoms with van der Waals surface area (Å²) in [4.78, 5) is 0. The molecule has 3 N–H and O–H groups in total. The minimum atomic E-state index is -0.343. The average Bonchev–Trinajstić information content (AvgIpc) is 2.70. The van der Waals surface area contributed by atoms with Crippen LogP contribution in [0.25, 0.3) is 0 Å². The fourth-order valence-electron chi connectivity index (χ4n) is 3.33. The maximum Gasteiger partial charge on any atom is 0.0623 e. The summed E-state index contributed by atoms with van der Waals surface area (Å²) in [5, 5.41) is 11.3. The van der Waals surface area contributed by atoms with Crippen molar-refractivity contribution in [3.8, 4) is 0 Å². The lowest BCUT2D eigenvalue weighted by Crippen LogP contribution is -2.28. The molecule has 2 unspecified atom stereocenters. The molecule has 0 saturated heterocycles. The molecular weight excluding hydrogens is 270 g/mol. The largest absolute Gasteiger partial charge is 0.392 e. The first-order valence-electron chi connectivity index (χ1n) is 7.84. The van der Waals surface area contributed by atoms with Gasteiger partial charge in [0.2, 0.25) is 0 Å². The van der Waals surface area contributed by atoms with Gasteiger partial charge in [0.25, 0.3) is 0 Å². The second-order valence-electron chi connectivity index (χ2n) is 6.05. The zero-order chi connectivity index (χ0) is 14.4. The molecule has 20 heavy (non-hydrogen) atoms. The lowest BCUT2D eigenvalue weighted by Gasteiger charge is -2.25. The lowest BCUT2D eigenvalue weighted by atomic mass is 9.85. The molecule has 1 aromatic carbocycles. The smallest absolute Gasteiger partial charge is 0.0623 e. The molecule has 0 heterocycles. The maximum absolute atomic E-state index is 10.6. The zero-order valence-corrected chi connectivity index (χ0v) is 12.9. The molecule has 2 atom stereocenters. The van der Waals surface area contributed by atoms with E-state index in [9.17, 15) is 5.11 Å². The van der Waals surface area contributed by atoms with Crippen LogP contribution < -0.4 is 5.73 Å². The number of aliphatic hydroxyl groups excluding tert-OH is 1. The lowest BCUT2D eigenvalue weighted by molar-refractivity contribution is 0.112. The average molecular weight is 296 g/mol. The molecule has 1 saturated carbocycles. The number of nitrogens with two attached hydrogens (primary N) is 1. The van der Waals surface area contributed by atoms with Crippen molar-refractivity contribution in [1.82, 2.24) is 0 Å². The summed E-state index contributed by atoms with van der Waals surface area (Å²) < 4.78 is 0. The van der Waals surface area contributed by atoms with Gasteiger partial charge in [0.15, 0.2) is 0 Å². The third-order valence-electron chi connectivity index (χ3n) is 4.57. The van der Waals surface area contributed by atoms with Gasteiger partial charge in [-0.25, -0.2) is 0 Å². The van der Waals surface area contributed by atoms with E-state index in [1.165, 1.54) is 38.5 Å². The first-order valence-corrected chi connectivity index (χ1v) is 8.22. The molecule has 0 bridgehead atoms. The first kappa shape index (κ1) is 15.8. The Labute approximate surface area is 127 Å². The first-order chi connectivity index (χ1) is 9.70. The number of benzene rings is 1. The van der Waals surface area contributed by atoms with E-state index in [0.29, 0.717) is 12.5 Å². The minimum absolute atomic E-state index is 0.0236. The summed E-state index contributed by atoms with van der Waals surface area (Å²) >= 11 is 5.92. The predicted molar refractivity (Wildman–Crippen MR) is 85.1 cm³/mol. The van der Waals surface area contributed by atoms with Crippen molar-refractivity contribution in [1.29, 1.82) is 0 Å².